The maximum atomic E-state index is 13.2. The Kier molecular flexibility index (Phi) is 29.2. The zero-order valence-electron chi connectivity index (χ0n) is 82.1. The third-order valence-electron chi connectivity index (χ3n) is 28.4. The van der Waals surface area contributed by atoms with Gasteiger partial charge in [0.2, 0.25) is 59.2 Å². The maximum absolute atomic E-state index is 13.2. The molecule has 0 atom stereocenters. The van der Waals surface area contributed by atoms with E-state index in [9.17, 15) is 38.4 Å². The fraction of sp³-hybridized carbons (Fsp3) is 0.529. The second-order valence-electron chi connectivity index (χ2n) is 41.3. The SMILES string of the molecule is CN1C(=O)C(C)(C)CN(C2CCCC2)c2nc(Nc3cccc(C(=O)NC4CC4)c3)ncc21.CN1C(=O)C(C)(C)CN(C2CCCC2)c2nc(Nc3cccc(C(=O)NC4CNC4)c3)ncc21.CN1CCC(C(=O)Nc2cccc(Nc3ncc4c(n3)N(C3CCCC3)CC(C)(C)C(=O)N4C)c2)CC1.COc1ccc(NC(C)=O)cc1Nc1ncc2c(n1)N(C1CCCC1)CC(C)(C)C(=O)N2C. The summed E-state index contributed by atoms with van der Waals surface area (Å²) in [4.78, 5) is 158. The molecule has 5 saturated carbocycles. The highest BCUT2D eigenvalue weighted by Gasteiger charge is 2.47. The molecule has 8 amide bonds. The molecule has 35 nitrogen and oxygen atoms in total. The molecule has 35 heteroatoms. The highest BCUT2D eigenvalue weighted by molar-refractivity contribution is 6.05. The molecule has 4 aromatic carbocycles. The van der Waals surface area contributed by atoms with Crippen molar-refractivity contribution < 1.29 is 43.1 Å². The van der Waals surface area contributed by atoms with Crippen LogP contribution < -0.4 is 91.8 Å². The summed E-state index contributed by atoms with van der Waals surface area (Å²) in [6.45, 7) is 23.5. The minimum atomic E-state index is -0.540. The monoisotopic (exact) mass is 1870 g/mol. The third kappa shape index (κ3) is 22.5. The number of carbonyl (C=O) groups excluding carboxylic acids is 8. The van der Waals surface area contributed by atoms with E-state index in [0.29, 0.717) is 114 Å². The van der Waals surface area contributed by atoms with Crippen LogP contribution in [-0.2, 0) is 28.8 Å². The van der Waals surface area contributed by atoms with Gasteiger partial charge in [0.05, 0.1) is 65.3 Å². The Morgan fingerprint density at radius 1 is 0.387 bits per heavy atom. The molecule has 7 fully saturated rings. The number of rotatable bonds is 20. The summed E-state index contributed by atoms with van der Waals surface area (Å²) < 4.78 is 5.48. The fourth-order valence-electron chi connectivity index (χ4n) is 20.5. The lowest BCUT2D eigenvalue weighted by Crippen LogP contribution is -2.56. The Balaban J connectivity index is 0.000000132. The Labute approximate surface area is 803 Å². The summed E-state index contributed by atoms with van der Waals surface area (Å²) in [5.74, 6) is 5.62. The average Bonchev–Trinajstić information content (AvgIpc) is 1.63. The van der Waals surface area contributed by atoms with Gasteiger partial charge in [-0.15, -0.1) is 0 Å². The van der Waals surface area contributed by atoms with Gasteiger partial charge in [0.15, 0.2) is 23.3 Å². The van der Waals surface area contributed by atoms with Crippen LogP contribution in [0.15, 0.2) is 116 Å². The second-order valence-corrected chi connectivity index (χ2v) is 41.3. The number of likely N-dealkylation sites (tertiary alicyclic amines) is 1. The molecule has 8 aromatic rings. The molecule has 0 bridgehead atoms. The molecule has 11 aliphatic rings. The number of hydrogen-bond acceptors (Lipinski definition) is 27. The van der Waals surface area contributed by atoms with Crippen LogP contribution in [-0.4, -0.2) is 223 Å². The Morgan fingerprint density at radius 2 is 0.715 bits per heavy atom. The zero-order valence-corrected chi connectivity index (χ0v) is 82.1. The largest absolute Gasteiger partial charge is 0.495 e. The first-order valence-electron chi connectivity index (χ1n) is 48.9. The quantitative estimate of drug-likeness (QED) is 0.0342. The van der Waals surface area contributed by atoms with Crippen molar-refractivity contribution in [3.8, 4) is 5.75 Å². The van der Waals surface area contributed by atoms with Crippen molar-refractivity contribution in [2.45, 2.75) is 227 Å². The average molecular weight is 1870 g/mol. The zero-order chi connectivity index (χ0) is 96.9. The van der Waals surface area contributed by atoms with E-state index in [1.165, 1.54) is 58.3 Å². The van der Waals surface area contributed by atoms with Crippen LogP contribution in [0.25, 0.3) is 0 Å². The second kappa shape index (κ2) is 41.2. The lowest BCUT2D eigenvalue weighted by molar-refractivity contribution is -0.126. The number of hydrogen-bond donors (Lipinski definition) is 9. The number of nitrogens with zero attached hydrogens (tertiary/aromatic N) is 17. The van der Waals surface area contributed by atoms with Gasteiger partial charge in [0.25, 0.3) is 11.8 Å². The molecule has 728 valence electrons. The van der Waals surface area contributed by atoms with Crippen LogP contribution in [0.4, 0.5) is 104 Å². The number of carbonyl (C=O) groups is 8. The van der Waals surface area contributed by atoms with Crippen LogP contribution in [0.2, 0.25) is 0 Å². The first-order chi connectivity index (χ1) is 65.5. The molecule has 0 radical (unpaired) electrons. The van der Waals surface area contributed by atoms with E-state index in [2.05, 4.69) is 99.3 Å². The Bertz CT molecular complexity index is 5770. The molecule has 5 aliphatic carbocycles. The van der Waals surface area contributed by atoms with Gasteiger partial charge in [-0.3, -0.25) is 38.4 Å². The molecule has 0 spiro atoms. The number of benzene rings is 4. The van der Waals surface area contributed by atoms with Crippen LogP contribution in [0, 0.1) is 27.6 Å². The van der Waals surface area contributed by atoms with Gasteiger partial charge in [0.1, 0.15) is 28.5 Å². The van der Waals surface area contributed by atoms with Crippen molar-refractivity contribution in [2.75, 3.05) is 166 Å². The van der Waals surface area contributed by atoms with Gasteiger partial charge in [0, 0.05) is 150 Å². The molecule has 9 N–H and O–H groups in total. The number of methoxy groups -OCH3 is 1. The summed E-state index contributed by atoms with van der Waals surface area (Å²) in [6, 6.07) is 29.7. The number of ether oxygens (including phenoxy) is 1. The highest BCUT2D eigenvalue weighted by Crippen LogP contribution is 2.47. The highest BCUT2D eigenvalue weighted by atomic mass is 16.5. The van der Waals surface area contributed by atoms with Crippen molar-refractivity contribution in [3.63, 3.8) is 0 Å². The maximum Gasteiger partial charge on any atom is 0.251 e. The van der Waals surface area contributed by atoms with Crippen LogP contribution in [0.1, 0.15) is 211 Å². The van der Waals surface area contributed by atoms with E-state index in [1.54, 1.807) is 96.9 Å². The van der Waals surface area contributed by atoms with Crippen LogP contribution >= 0.6 is 0 Å². The van der Waals surface area contributed by atoms with Crippen molar-refractivity contribution in [1.82, 2.24) is 60.7 Å². The van der Waals surface area contributed by atoms with Gasteiger partial charge in [-0.25, -0.2) is 19.9 Å². The lowest BCUT2D eigenvalue weighted by Gasteiger charge is -2.34. The number of amides is 8. The molecule has 10 heterocycles. The van der Waals surface area contributed by atoms with Gasteiger partial charge in [-0.1, -0.05) is 69.6 Å². The van der Waals surface area contributed by atoms with Gasteiger partial charge >= 0.3 is 0 Å². The predicted octanol–water partition coefficient (Wildman–Crippen LogP) is 14.7. The normalized spacial score (nSPS) is 20.0. The van der Waals surface area contributed by atoms with Gasteiger partial charge in [-0.2, -0.15) is 19.9 Å². The third-order valence-corrected chi connectivity index (χ3v) is 28.4. The molecule has 2 saturated heterocycles. The van der Waals surface area contributed by atoms with Crippen LogP contribution in [0.3, 0.4) is 0 Å². The molecule has 137 heavy (non-hydrogen) atoms. The summed E-state index contributed by atoms with van der Waals surface area (Å²) in [7, 11) is 10.9. The van der Waals surface area contributed by atoms with Crippen molar-refractivity contribution in [2.24, 2.45) is 27.6 Å². The Hall–Kier alpha value is -12.9. The number of piperidine rings is 1. The first kappa shape index (κ1) is 97.2. The standard InChI is InChI=1S/C28H39N7O2.C25H33N7O2.C25H32N6O2.C24H32N6O3/c1-28(2)18-35(22-10-5-6-11-22)24-23(34(4)26(28)37)17-29-27(32-24)31-21-9-7-8-20(16-21)30-25(36)19-12-14-33(3)15-13-19;1-25(2)15-32(19-9-4-5-10-19)21-20(31(3)23(25)34)14-27-24(30-21)29-17-8-6-7-16(11-17)22(33)28-18-12-26-13-18;1-25(2)15-31(19-9-4-5-10-19)21-20(30(3)23(25)33)14-26-24(29-21)28-18-8-6-7-16(13-18)22(32)27-17-11-12-17;1-15(31)26-16-10-11-20(33-5)18(12-16)27-23-25-13-19-21(28-23)30(17-8-6-7-9-17)14-24(2,3)22(32)29(19)4/h7-9,16-17,19,22H,5-6,10-15,18H2,1-4H3,(H,30,36)(H,29,31,32);6-8,11,14,18-19,26H,4-5,9-10,12-13,15H2,1-3H3,(H,28,33)(H,27,29,30);6-8,13-14,17,19H,4-5,9-12,15H2,1-3H3,(H,27,32)(H,26,28,29);10-13,17H,6-9,14H2,1-5H3,(H,26,31)(H,25,27,28). The van der Waals surface area contributed by atoms with E-state index in [-0.39, 0.29) is 59.2 Å². The van der Waals surface area contributed by atoms with E-state index in [1.807, 2.05) is 129 Å². The van der Waals surface area contributed by atoms with Crippen molar-refractivity contribution in [3.05, 3.63) is 127 Å². The number of aromatic nitrogens is 8. The van der Waals surface area contributed by atoms with Gasteiger partial charge in [-0.05, 0) is 225 Å². The molecule has 4 aromatic heterocycles. The minimum absolute atomic E-state index is 0.0475. The minimum Gasteiger partial charge on any atom is -0.495 e. The van der Waals surface area contributed by atoms with Crippen LogP contribution in [0.5, 0.6) is 5.75 Å². The van der Waals surface area contributed by atoms with Crippen molar-refractivity contribution >= 4 is 151 Å². The topological polar surface area (TPSA) is 386 Å². The van der Waals surface area contributed by atoms with Crippen molar-refractivity contribution in [1.29, 1.82) is 0 Å². The van der Waals surface area contributed by atoms with E-state index >= 15 is 0 Å². The molecular formula is C102H136N26O9. The summed E-state index contributed by atoms with van der Waals surface area (Å²) in [5, 5.41) is 28.1. The smallest absolute Gasteiger partial charge is 0.251 e. The predicted molar refractivity (Wildman–Crippen MR) is 539 cm³/mol. The van der Waals surface area contributed by atoms with E-state index in [4.69, 9.17) is 24.7 Å². The van der Waals surface area contributed by atoms with E-state index in [0.717, 1.165) is 166 Å². The van der Waals surface area contributed by atoms with E-state index < -0.39 is 21.7 Å². The fourth-order valence-corrected chi connectivity index (χ4v) is 20.5. The molecule has 6 aliphatic heterocycles. The summed E-state index contributed by atoms with van der Waals surface area (Å²) in [5.41, 5.74) is 6.34. The lowest BCUT2D eigenvalue weighted by atomic mass is 9.91. The first-order valence-corrected chi connectivity index (χ1v) is 48.9. The summed E-state index contributed by atoms with van der Waals surface area (Å²) in [6.07, 6.45) is 29.2. The number of fused-ring (bicyclic) bond motifs is 4. The summed E-state index contributed by atoms with van der Waals surface area (Å²) >= 11 is 0. The van der Waals surface area contributed by atoms with Gasteiger partial charge < -0.3 is 96.7 Å². The number of anilines is 18. The molecular weight excluding hydrogens is 1730 g/mol. The molecule has 19 rings (SSSR count). The Morgan fingerprint density at radius 3 is 1.05 bits per heavy atom. The number of nitrogens with one attached hydrogen (secondary N) is 9. The molecule has 0 unspecified atom stereocenters.